The second-order valence-corrected chi connectivity index (χ2v) is 4.10. The van der Waals surface area contributed by atoms with Crippen LogP contribution in [-0.2, 0) is 0 Å². The van der Waals surface area contributed by atoms with Gasteiger partial charge in [-0.05, 0) is 12.8 Å². The van der Waals surface area contributed by atoms with E-state index in [1.165, 1.54) is 12.7 Å². The van der Waals surface area contributed by atoms with E-state index in [2.05, 4.69) is 45.0 Å². The normalized spacial score (nSPS) is 25.6. The predicted octanol–water partition coefficient (Wildman–Crippen LogP) is 3.65. The summed E-state index contributed by atoms with van der Waals surface area (Å²) in [5.41, 5.74) is 0. The first-order chi connectivity index (χ1) is 5.74. The van der Waals surface area contributed by atoms with Crippen molar-refractivity contribution in [3.63, 3.8) is 0 Å². The molecule has 0 amide bonds. The van der Waals surface area contributed by atoms with Crippen LogP contribution in [0.3, 0.4) is 0 Å². The van der Waals surface area contributed by atoms with E-state index in [1.54, 1.807) is 0 Å². The Bertz CT molecular complexity index is 181. The zero-order valence-corrected chi connectivity index (χ0v) is 8.46. The standard InChI is InChI=1S/C11H19B/c1-4-5-6-7-10(2)8-11-9-12(11)3/h4-7,10-11H,8-9H2,1-3H3/b5-4-,7-6-. The molecular weight excluding hydrogens is 143 g/mol. The van der Waals surface area contributed by atoms with E-state index in [1.807, 2.05) is 0 Å². The maximum Gasteiger partial charge on any atom is 0.138 e. The van der Waals surface area contributed by atoms with Crippen LogP contribution in [0.2, 0.25) is 19.0 Å². The van der Waals surface area contributed by atoms with Crippen molar-refractivity contribution in [2.24, 2.45) is 5.92 Å². The molecule has 1 saturated heterocycles. The molecular formula is C11H19B. The fourth-order valence-corrected chi connectivity index (χ4v) is 1.65. The van der Waals surface area contributed by atoms with Crippen molar-refractivity contribution in [1.29, 1.82) is 0 Å². The van der Waals surface area contributed by atoms with Gasteiger partial charge in [0, 0.05) is 0 Å². The predicted molar refractivity (Wildman–Crippen MR) is 57.9 cm³/mol. The highest BCUT2D eigenvalue weighted by Gasteiger charge is 2.35. The van der Waals surface area contributed by atoms with Gasteiger partial charge in [0.15, 0.2) is 0 Å². The molecule has 0 spiro atoms. The Morgan fingerprint density at radius 1 is 1.50 bits per heavy atom. The average Bonchev–Trinajstić information content (AvgIpc) is 2.67. The molecule has 0 aromatic rings. The lowest BCUT2D eigenvalue weighted by Crippen LogP contribution is -1.90. The summed E-state index contributed by atoms with van der Waals surface area (Å²) < 4.78 is 0. The summed E-state index contributed by atoms with van der Waals surface area (Å²) in [6, 6.07) is 0. The first-order valence-corrected chi connectivity index (χ1v) is 5.03. The summed E-state index contributed by atoms with van der Waals surface area (Å²) >= 11 is 0. The summed E-state index contributed by atoms with van der Waals surface area (Å²) in [6.45, 7) is 7.72. The minimum absolute atomic E-state index is 0.760. The smallest absolute Gasteiger partial charge is 0.0877 e. The molecule has 1 heteroatoms. The Morgan fingerprint density at radius 2 is 2.17 bits per heavy atom. The maximum absolute atomic E-state index is 2.35. The number of allylic oxidation sites excluding steroid dienone is 4. The van der Waals surface area contributed by atoms with Crippen molar-refractivity contribution < 1.29 is 0 Å². The summed E-state index contributed by atoms with van der Waals surface area (Å²) in [4.78, 5) is 0. The number of hydrogen-bond donors (Lipinski definition) is 0. The van der Waals surface area contributed by atoms with Crippen molar-refractivity contribution in [3.05, 3.63) is 24.3 Å². The third kappa shape index (κ3) is 3.29. The Balaban J connectivity index is 2.15. The molecule has 1 aliphatic rings. The molecule has 0 aromatic heterocycles. The van der Waals surface area contributed by atoms with Crippen LogP contribution in [-0.4, -0.2) is 6.71 Å². The molecule has 2 unspecified atom stereocenters. The molecule has 2 atom stereocenters. The highest BCUT2D eigenvalue weighted by molar-refractivity contribution is 6.70. The first-order valence-electron chi connectivity index (χ1n) is 5.03. The highest BCUT2D eigenvalue weighted by atomic mass is 14.2. The van der Waals surface area contributed by atoms with Gasteiger partial charge >= 0.3 is 0 Å². The van der Waals surface area contributed by atoms with E-state index in [4.69, 9.17) is 0 Å². The SMILES string of the molecule is C/C=C\C=C/C(C)CC1CB1C. The van der Waals surface area contributed by atoms with Gasteiger partial charge in [0.1, 0.15) is 6.71 Å². The van der Waals surface area contributed by atoms with Gasteiger partial charge < -0.3 is 0 Å². The first kappa shape index (κ1) is 9.63. The van der Waals surface area contributed by atoms with Crippen LogP contribution in [0.4, 0.5) is 0 Å². The molecule has 66 valence electrons. The Kier molecular flexibility index (Phi) is 3.64. The van der Waals surface area contributed by atoms with Crippen molar-refractivity contribution in [2.45, 2.75) is 39.2 Å². The summed E-state index contributed by atoms with van der Waals surface area (Å²) in [5.74, 6) is 1.78. The van der Waals surface area contributed by atoms with Gasteiger partial charge in [-0.1, -0.05) is 56.6 Å². The fourth-order valence-electron chi connectivity index (χ4n) is 1.65. The lowest BCUT2D eigenvalue weighted by molar-refractivity contribution is 0.659. The summed E-state index contributed by atoms with van der Waals surface area (Å²) in [6.07, 6.45) is 11.5. The minimum Gasteiger partial charge on any atom is -0.0877 e. The van der Waals surface area contributed by atoms with Crippen LogP contribution in [0.15, 0.2) is 24.3 Å². The molecule has 0 bridgehead atoms. The van der Waals surface area contributed by atoms with Crippen molar-refractivity contribution in [3.8, 4) is 0 Å². The number of hydrogen-bond acceptors (Lipinski definition) is 0. The van der Waals surface area contributed by atoms with Crippen LogP contribution in [0.1, 0.15) is 20.3 Å². The van der Waals surface area contributed by atoms with Crippen LogP contribution < -0.4 is 0 Å². The third-order valence-electron chi connectivity index (χ3n) is 2.69. The minimum atomic E-state index is 0.760. The van der Waals surface area contributed by atoms with Crippen LogP contribution in [0.5, 0.6) is 0 Å². The van der Waals surface area contributed by atoms with Crippen LogP contribution in [0.25, 0.3) is 0 Å². The van der Waals surface area contributed by atoms with Gasteiger partial charge in [0.25, 0.3) is 0 Å². The summed E-state index contributed by atoms with van der Waals surface area (Å²) in [5, 5.41) is 0. The van der Waals surface area contributed by atoms with Gasteiger partial charge in [-0.25, -0.2) is 0 Å². The van der Waals surface area contributed by atoms with Crippen LogP contribution in [0, 0.1) is 5.92 Å². The summed E-state index contributed by atoms with van der Waals surface area (Å²) in [7, 11) is 0. The molecule has 0 N–H and O–H groups in total. The van der Waals surface area contributed by atoms with E-state index >= 15 is 0 Å². The topological polar surface area (TPSA) is 0 Å². The average molecular weight is 162 g/mol. The second-order valence-electron chi connectivity index (χ2n) is 4.10. The lowest BCUT2D eigenvalue weighted by Gasteiger charge is -2.03. The second kappa shape index (κ2) is 4.54. The molecule has 1 rings (SSSR count). The van der Waals surface area contributed by atoms with Crippen LogP contribution >= 0.6 is 0 Å². The largest absolute Gasteiger partial charge is 0.138 e. The molecule has 12 heavy (non-hydrogen) atoms. The molecule has 1 heterocycles. The van der Waals surface area contributed by atoms with E-state index < -0.39 is 0 Å². The van der Waals surface area contributed by atoms with E-state index in [-0.39, 0.29) is 0 Å². The third-order valence-corrected chi connectivity index (χ3v) is 2.69. The Hall–Kier alpha value is -0.455. The monoisotopic (exact) mass is 162 g/mol. The Morgan fingerprint density at radius 3 is 2.67 bits per heavy atom. The molecule has 1 aliphatic heterocycles. The quantitative estimate of drug-likeness (QED) is 0.437. The molecule has 0 aromatic carbocycles. The van der Waals surface area contributed by atoms with Crippen molar-refractivity contribution in [2.75, 3.05) is 0 Å². The van der Waals surface area contributed by atoms with Gasteiger partial charge in [0.2, 0.25) is 0 Å². The highest BCUT2D eigenvalue weighted by Crippen LogP contribution is 2.42. The zero-order valence-electron chi connectivity index (χ0n) is 8.46. The van der Waals surface area contributed by atoms with Gasteiger partial charge in [-0.15, -0.1) is 0 Å². The van der Waals surface area contributed by atoms with Crippen molar-refractivity contribution >= 4 is 6.71 Å². The maximum atomic E-state index is 2.35. The fraction of sp³-hybridized carbons (Fsp3) is 0.636. The zero-order chi connectivity index (χ0) is 8.97. The van der Waals surface area contributed by atoms with Gasteiger partial charge in [-0.2, -0.15) is 0 Å². The van der Waals surface area contributed by atoms with E-state index in [0.29, 0.717) is 0 Å². The Labute approximate surface area is 76.8 Å². The lowest BCUT2D eigenvalue weighted by atomic mass is 9.69. The van der Waals surface area contributed by atoms with Gasteiger partial charge in [-0.3, -0.25) is 0 Å². The molecule has 0 radical (unpaired) electrons. The van der Waals surface area contributed by atoms with E-state index in [0.717, 1.165) is 18.4 Å². The van der Waals surface area contributed by atoms with E-state index in [9.17, 15) is 0 Å². The molecule has 0 saturated carbocycles. The van der Waals surface area contributed by atoms with Crippen molar-refractivity contribution in [1.82, 2.24) is 0 Å². The van der Waals surface area contributed by atoms with Gasteiger partial charge in [0.05, 0.1) is 0 Å². The molecule has 1 fully saturated rings. The molecule has 0 aliphatic carbocycles. The molecule has 0 nitrogen and oxygen atoms in total. The number of rotatable bonds is 4.